The molecule has 1 aliphatic rings. The maximum atomic E-state index is 12.8. The van der Waals surface area contributed by atoms with Crippen LogP contribution in [0.2, 0.25) is 0 Å². The van der Waals surface area contributed by atoms with Crippen LogP contribution in [-0.4, -0.2) is 20.1 Å². The number of carbonyl (C=O) groups excluding carboxylic acids is 1. The van der Waals surface area contributed by atoms with E-state index in [1.54, 1.807) is 36.0 Å². The van der Waals surface area contributed by atoms with Gasteiger partial charge in [-0.2, -0.15) is 0 Å². The van der Waals surface area contributed by atoms with Crippen LogP contribution in [0.5, 0.6) is 0 Å². The lowest BCUT2D eigenvalue weighted by Crippen LogP contribution is -2.27. The average molecular weight is 481 g/mol. The van der Waals surface area contributed by atoms with Gasteiger partial charge in [-0.1, -0.05) is 57.2 Å². The van der Waals surface area contributed by atoms with E-state index in [0.717, 1.165) is 22.4 Å². The summed E-state index contributed by atoms with van der Waals surface area (Å²) >= 11 is 1.57. The second-order valence-corrected chi connectivity index (χ2v) is 12.0. The molecule has 33 heavy (non-hydrogen) atoms. The van der Waals surface area contributed by atoms with Gasteiger partial charge in [0.2, 0.25) is 5.91 Å². The second-order valence-electron chi connectivity index (χ2n) is 9.27. The monoisotopic (exact) mass is 480 g/mol. The molecule has 172 valence electrons. The normalized spacial score (nSPS) is 16.8. The van der Waals surface area contributed by atoms with Crippen molar-refractivity contribution in [2.75, 3.05) is 15.4 Å². The summed E-state index contributed by atoms with van der Waals surface area (Å²) in [4.78, 5) is 14.6. The van der Waals surface area contributed by atoms with E-state index in [0.29, 0.717) is 11.4 Å². The fourth-order valence-corrected chi connectivity index (χ4v) is 6.03. The number of nitrogens with zero attached hydrogens (tertiary/aromatic N) is 1. The molecule has 0 aliphatic carbocycles. The van der Waals surface area contributed by atoms with Crippen molar-refractivity contribution in [3.8, 4) is 0 Å². The van der Waals surface area contributed by atoms with Gasteiger partial charge in [-0.05, 0) is 65.4 Å². The third-order valence-corrected chi connectivity index (χ3v) is 8.24. The predicted octanol–water partition coefficient (Wildman–Crippen LogP) is 5.87. The third kappa shape index (κ3) is 5.09. The fourth-order valence-electron chi connectivity index (χ4n) is 3.79. The maximum Gasteiger partial charge on any atom is 0.261 e. The molecule has 0 bridgehead atoms. The minimum atomic E-state index is -3.69. The average Bonchev–Trinajstić information content (AvgIpc) is 3.15. The number of sulfonamides is 1. The van der Waals surface area contributed by atoms with Crippen LogP contribution >= 0.6 is 11.8 Å². The summed E-state index contributed by atoms with van der Waals surface area (Å²) in [5.74, 6) is 0.483. The van der Waals surface area contributed by atoms with Gasteiger partial charge in [0.15, 0.2) is 0 Å². The van der Waals surface area contributed by atoms with E-state index in [4.69, 9.17) is 0 Å². The third-order valence-electron chi connectivity index (χ3n) is 5.63. The Morgan fingerprint density at radius 2 is 1.64 bits per heavy atom. The fraction of sp³-hybridized carbons (Fsp3) is 0.269. The van der Waals surface area contributed by atoms with Gasteiger partial charge in [0.1, 0.15) is 5.37 Å². The molecule has 1 fully saturated rings. The summed E-state index contributed by atoms with van der Waals surface area (Å²) in [5, 5.41) is -0.144. The van der Waals surface area contributed by atoms with Crippen molar-refractivity contribution in [1.82, 2.24) is 0 Å². The van der Waals surface area contributed by atoms with E-state index in [2.05, 4.69) is 25.5 Å². The maximum absolute atomic E-state index is 12.8. The van der Waals surface area contributed by atoms with E-state index in [1.807, 2.05) is 60.4 Å². The van der Waals surface area contributed by atoms with Crippen molar-refractivity contribution in [3.05, 3.63) is 89.5 Å². The first kappa shape index (κ1) is 23.4. The highest BCUT2D eigenvalue weighted by atomic mass is 32.2. The minimum Gasteiger partial charge on any atom is -0.295 e. The smallest absolute Gasteiger partial charge is 0.261 e. The van der Waals surface area contributed by atoms with Crippen molar-refractivity contribution in [3.63, 3.8) is 0 Å². The lowest BCUT2D eigenvalue weighted by molar-refractivity contribution is -0.115. The Balaban J connectivity index is 1.53. The number of carbonyl (C=O) groups is 1. The van der Waals surface area contributed by atoms with Crippen molar-refractivity contribution >= 4 is 39.1 Å². The first-order valence-electron chi connectivity index (χ1n) is 10.8. The Hall–Kier alpha value is -2.77. The molecule has 0 radical (unpaired) electrons. The molecule has 0 unspecified atom stereocenters. The predicted molar refractivity (Wildman–Crippen MR) is 136 cm³/mol. The van der Waals surface area contributed by atoms with Crippen LogP contribution in [0.3, 0.4) is 0 Å². The standard InChI is InChI=1S/C26H28N2O3S2/c1-18-6-5-7-22(16-18)28-24(29)17-32-25(28)19-8-12-21(13-9-19)27-33(30,31)23-14-10-20(11-15-23)26(2,3)4/h5-16,25,27H,17H2,1-4H3/t25-/m1/s1. The Morgan fingerprint density at radius 1 is 0.970 bits per heavy atom. The Bertz CT molecular complexity index is 1260. The molecule has 1 aliphatic heterocycles. The number of nitrogens with one attached hydrogen (secondary N) is 1. The second kappa shape index (κ2) is 8.88. The summed E-state index contributed by atoms with van der Waals surface area (Å²) < 4.78 is 28.3. The number of amides is 1. The van der Waals surface area contributed by atoms with Crippen LogP contribution in [0.4, 0.5) is 11.4 Å². The molecule has 1 N–H and O–H groups in total. The van der Waals surface area contributed by atoms with Gasteiger partial charge < -0.3 is 0 Å². The van der Waals surface area contributed by atoms with Crippen molar-refractivity contribution in [2.45, 2.75) is 43.4 Å². The zero-order chi connectivity index (χ0) is 23.8. The van der Waals surface area contributed by atoms with E-state index < -0.39 is 10.0 Å². The van der Waals surface area contributed by atoms with E-state index in [1.165, 1.54) is 0 Å². The number of rotatable bonds is 5. The van der Waals surface area contributed by atoms with E-state index in [9.17, 15) is 13.2 Å². The molecule has 1 saturated heterocycles. The highest BCUT2D eigenvalue weighted by Gasteiger charge is 2.34. The number of hydrogen-bond acceptors (Lipinski definition) is 4. The van der Waals surface area contributed by atoms with Crippen LogP contribution in [0, 0.1) is 6.92 Å². The SMILES string of the molecule is Cc1cccc(N2C(=O)CS[C@@H]2c2ccc(NS(=O)(=O)c3ccc(C(C)(C)C)cc3)cc2)c1. The van der Waals surface area contributed by atoms with Crippen LogP contribution in [-0.2, 0) is 20.2 Å². The van der Waals surface area contributed by atoms with Crippen molar-refractivity contribution in [1.29, 1.82) is 0 Å². The van der Waals surface area contributed by atoms with Crippen molar-refractivity contribution in [2.24, 2.45) is 0 Å². The molecule has 5 nitrogen and oxygen atoms in total. The molecule has 0 aromatic heterocycles. The lowest BCUT2D eigenvalue weighted by Gasteiger charge is -2.25. The summed E-state index contributed by atoms with van der Waals surface area (Å²) in [5.41, 5.74) is 4.43. The number of thioether (sulfide) groups is 1. The number of anilines is 2. The molecular weight excluding hydrogens is 452 g/mol. The molecular formula is C26H28N2O3S2. The Kier molecular flexibility index (Phi) is 6.29. The van der Waals surface area contributed by atoms with Crippen LogP contribution < -0.4 is 9.62 Å². The van der Waals surface area contributed by atoms with Crippen LogP contribution in [0.1, 0.15) is 42.8 Å². The summed E-state index contributed by atoms with van der Waals surface area (Å²) in [6.45, 7) is 8.27. The zero-order valence-corrected chi connectivity index (χ0v) is 20.8. The topological polar surface area (TPSA) is 66.5 Å². The number of benzene rings is 3. The molecule has 3 aromatic carbocycles. The lowest BCUT2D eigenvalue weighted by atomic mass is 9.87. The molecule has 1 amide bonds. The first-order chi connectivity index (χ1) is 15.5. The quantitative estimate of drug-likeness (QED) is 0.496. The van der Waals surface area contributed by atoms with E-state index >= 15 is 0 Å². The van der Waals surface area contributed by atoms with Gasteiger partial charge in [0, 0.05) is 11.4 Å². The minimum absolute atomic E-state index is 0.0441. The summed E-state index contributed by atoms with van der Waals surface area (Å²) in [6, 6.07) is 22.1. The Morgan fingerprint density at radius 3 is 2.24 bits per heavy atom. The first-order valence-corrected chi connectivity index (χ1v) is 13.3. The molecule has 1 atom stereocenters. The number of hydrogen-bond donors (Lipinski definition) is 1. The molecule has 0 spiro atoms. The molecule has 7 heteroatoms. The van der Waals surface area contributed by atoms with Gasteiger partial charge in [-0.15, -0.1) is 11.8 Å². The number of aryl methyl sites for hydroxylation is 1. The summed E-state index contributed by atoms with van der Waals surface area (Å²) in [7, 11) is -3.69. The van der Waals surface area contributed by atoms with Gasteiger partial charge in [0.05, 0.1) is 10.6 Å². The molecule has 3 aromatic rings. The van der Waals surface area contributed by atoms with Gasteiger partial charge in [-0.3, -0.25) is 14.4 Å². The van der Waals surface area contributed by atoms with Crippen LogP contribution in [0.15, 0.2) is 77.7 Å². The van der Waals surface area contributed by atoms with Crippen LogP contribution in [0.25, 0.3) is 0 Å². The largest absolute Gasteiger partial charge is 0.295 e. The zero-order valence-electron chi connectivity index (χ0n) is 19.2. The van der Waals surface area contributed by atoms with Gasteiger partial charge >= 0.3 is 0 Å². The summed E-state index contributed by atoms with van der Waals surface area (Å²) in [6.07, 6.45) is 0. The molecule has 1 heterocycles. The molecule has 0 saturated carbocycles. The molecule has 4 rings (SSSR count). The van der Waals surface area contributed by atoms with E-state index in [-0.39, 0.29) is 21.6 Å². The van der Waals surface area contributed by atoms with Crippen molar-refractivity contribution < 1.29 is 13.2 Å². The van der Waals surface area contributed by atoms with Gasteiger partial charge in [0.25, 0.3) is 10.0 Å². The highest BCUT2D eigenvalue weighted by molar-refractivity contribution is 8.00. The highest BCUT2D eigenvalue weighted by Crippen LogP contribution is 2.42. The van der Waals surface area contributed by atoms with Gasteiger partial charge in [-0.25, -0.2) is 8.42 Å². The Labute approximate surface area is 200 Å².